The van der Waals surface area contributed by atoms with Crippen LogP contribution in [0.2, 0.25) is 0 Å². The maximum atomic E-state index is 13.8. The number of nitrogens with one attached hydrogen (secondary N) is 2. The largest absolute Gasteiger partial charge is 0.386 e. The number of carbonyl (C=O) groups excluding carboxylic acids is 4. The highest BCUT2D eigenvalue weighted by Gasteiger charge is 2.27. The zero-order valence-electron chi connectivity index (χ0n) is 25.7. The van der Waals surface area contributed by atoms with Crippen LogP contribution in [-0.2, 0) is 9.47 Å². The summed E-state index contributed by atoms with van der Waals surface area (Å²) in [6.07, 6.45) is 3.33. The Hall–Kier alpha value is -5.52. The number of amides is 2. The molecule has 2 amide bonds. The molecule has 0 atom stereocenters. The smallest absolute Gasteiger partial charge is 0.348 e. The van der Waals surface area contributed by atoms with E-state index in [1.807, 2.05) is 43.3 Å². The number of ether oxygens (including phenoxy) is 2. The van der Waals surface area contributed by atoms with Crippen molar-refractivity contribution < 1.29 is 28.7 Å². The molecule has 11 heteroatoms. The number of hydrogen-bond donors (Lipinski definition) is 2. The minimum absolute atomic E-state index is 0.208. The van der Waals surface area contributed by atoms with Crippen molar-refractivity contribution in [3.63, 3.8) is 0 Å². The Kier molecular flexibility index (Phi) is 8.51. The highest BCUT2D eigenvalue weighted by atomic mass is 16.6. The van der Waals surface area contributed by atoms with Crippen LogP contribution < -0.4 is 10.6 Å². The van der Waals surface area contributed by atoms with Gasteiger partial charge in [0.15, 0.2) is 0 Å². The van der Waals surface area contributed by atoms with Crippen molar-refractivity contribution in [1.29, 1.82) is 0 Å². The minimum atomic E-state index is -0.818. The standard InChI is InChI=1S/C35H33N5O6/c1-38(2)18-16-36-32(41)22-12-14-28-30(24-8-4-6-10-26(24)39(28)20-22)34(43)46-35(44)31-25-9-5-7-11-27(25)40-21-23(13-15-29(31)40)33(42)37-17-19-45-3/h4-15,20-21H,16-19H2,1-3H3,(H,36,41)(H,37,42). The number of hydrogen-bond acceptors (Lipinski definition) is 7. The second kappa shape index (κ2) is 12.8. The van der Waals surface area contributed by atoms with Gasteiger partial charge in [0.25, 0.3) is 11.8 Å². The van der Waals surface area contributed by atoms with Crippen LogP contribution in [0.1, 0.15) is 41.4 Å². The van der Waals surface area contributed by atoms with Gasteiger partial charge in [-0.1, -0.05) is 36.4 Å². The lowest BCUT2D eigenvalue weighted by atomic mass is 10.1. The summed E-state index contributed by atoms with van der Waals surface area (Å²) in [5.41, 5.74) is 3.62. The molecule has 0 aliphatic heterocycles. The van der Waals surface area contributed by atoms with Gasteiger partial charge in [-0.15, -0.1) is 0 Å². The average Bonchev–Trinajstić information content (AvgIpc) is 3.57. The van der Waals surface area contributed by atoms with E-state index in [0.29, 0.717) is 70.2 Å². The third kappa shape index (κ3) is 5.69. The van der Waals surface area contributed by atoms with Gasteiger partial charge in [-0.05, 0) is 50.5 Å². The van der Waals surface area contributed by atoms with Crippen molar-refractivity contribution >= 4 is 56.6 Å². The van der Waals surface area contributed by atoms with Crippen molar-refractivity contribution in [1.82, 2.24) is 24.3 Å². The number of pyridine rings is 2. The molecule has 0 fully saturated rings. The molecule has 0 saturated carbocycles. The van der Waals surface area contributed by atoms with E-state index in [2.05, 4.69) is 10.6 Å². The molecule has 4 aromatic heterocycles. The fourth-order valence-corrected chi connectivity index (χ4v) is 5.62. The van der Waals surface area contributed by atoms with Crippen LogP contribution in [0.25, 0.3) is 32.8 Å². The van der Waals surface area contributed by atoms with E-state index >= 15 is 0 Å². The molecule has 11 nitrogen and oxygen atoms in total. The summed E-state index contributed by atoms with van der Waals surface area (Å²) >= 11 is 0. The third-order valence-corrected chi connectivity index (χ3v) is 7.83. The SMILES string of the molecule is COCCNC(=O)c1ccc2c(C(=O)OC(=O)c3c4ccccc4n4cc(C(=O)NCCN(C)C)ccc34)c3ccccc3n2c1. The summed E-state index contributed by atoms with van der Waals surface area (Å²) in [4.78, 5) is 55.1. The van der Waals surface area contributed by atoms with E-state index in [4.69, 9.17) is 9.47 Å². The predicted octanol–water partition coefficient (Wildman–Crippen LogP) is 4.16. The van der Waals surface area contributed by atoms with Crippen molar-refractivity contribution in [3.8, 4) is 0 Å². The molecule has 0 radical (unpaired) electrons. The number of para-hydroxylation sites is 2. The number of likely N-dealkylation sites (N-methyl/N-ethyl adjacent to an activating group) is 1. The molecule has 0 aliphatic carbocycles. The fourth-order valence-electron chi connectivity index (χ4n) is 5.62. The van der Waals surface area contributed by atoms with Gasteiger partial charge in [0.1, 0.15) is 0 Å². The number of methoxy groups -OCH3 is 1. The molecule has 0 unspecified atom stereocenters. The maximum Gasteiger partial charge on any atom is 0.348 e. The zero-order chi connectivity index (χ0) is 32.4. The predicted molar refractivity (Wildman–Crippen MR) is 175 cm³/mol. The van der Waals surface area contributed by atoms with E-state index in [1.54, 1.807) is 76.8 Å². The number of esters is 2. The molecule has 0 saturated heterocycles. The lowest BCUT2D eigenvalue weighted by Crippen LogP contribution is -2.31. The quantitative estimate of drug-likeness (QED) is 0.134. The van der Waals surface area contributed by atoms with Crippen LogP contribution in [0.5, 0.6) is 0 Å². The number of carbonyl (C=O) groups is 4. The third-order valence-electron chi connectivity index (χ3n) is 7.83. The molecule has 6 rings (SSSR count). The first kappa shape index (κ1) is 30.5. The van der Waals surface area contributed by atoms with Gasteiger partial charge in [-0.25, -0.2) is 9.59 Å². The Bertz CT molecular complexity index is 2140. The molecule has 6 aromatic rings. The van der Waals surface area contributed by atoms with Crippen LogP contribution in [0, 0.1) is 0 Å². The summed E-state index contributed by atoms with van der Waals surface area (Å²) in [5, 5.41) is 6.86. The van der Waals surface area contributed by atoms with Crippen molar-refractivity contribution in [3.05, 3.63) is 107 Å². The average molecular weight is 620 g/mol. The van der Waals surface area contributed by atoms with Gasteiger partial charge in [0.05, 0.1) is 50.9 Å². The summed E-state index contributed by atoms with van der Waals surface area (Å²) in [5.74, 6) is -2.15. The second-order valence-corrected chi connectivity index (χ2v) is 11.1. The Morgan fingerprint density at radius 3 is 1.61 bits per heavy atom. The number of nitrogens with zero attached hydrogens (tertiary/aromatic N) is 3. The minimum Gasteiger partial charge on any atom is -0.386 e. The summed E-state index contributed by atoms with van der Waals surface area (Å²) in [6.45, 7) is 1.92. The van der Waals surface area contributed by atoms with Crippen molar-refractivity contribution in [2.45, 2.75) is 0 Å². The van der Waals surface area contributed by atoms with Gasteiger partial charge >= 0.3 is 11.9 Å². The van der Waals surface area contributed by atoms with E-state index < -0.39 is 11.9 Å². The molecular formula is C35H33N5O6. The van der Waals surface area contributed by atoms with Crippen LogP contribution in [0.4, 0.5) is 0 Å². The molecule has 0 aliphatic rings. The first-order valence-electron chi connectivity index (χ1n) is 14.8. The van der Waals surface area contributed by atoms with Crippen LogP contribution in [0.15, 0.2) is 85.2 Å². The van der Waals surface area contributed by atoms with Crippen molar-refractivity contribution in [2.75, 3.05) is 47.4 Å². The lowest BCUT2D eigenvalue weighted by Gasteiger charge is -2.10. The lowest BCUT2D eigenvalue weighted by molar-refractivity contribution is 0.0403. The highest BCUT2D eigenvalue weighted by Crippen LogP contribution is 2.31. The van der Waals surface area contributed by atoms with Crippen LogP contribution in [0.3, 0.4) is 0 Å². The number of rotatable bonds is 10. The second-order valence-electron chi connectivity index (χ2n) is 11.1. The van der Waals surface area contributed by atoms with E-state index in [1.165, 1.54) is 0 Å². The highest BCUT2D eigenvalue weighted by molar-refractivity contribution is 6.19. The molecule has 0 spiro atoms. The normalized spacial score (nSPS) is 11.5. The number of fused-ring (bicyclic) bond motifs is 6. The Morgan fingerprint density at radius 2 is 1.13 bits per heavy atom. The van der Waals surface area contributed by atoms with Crippen LogP contribution >= 0.6 is 0 Å². The van der Waals surface area contributed by atoms with Gasteiger partial charge in [0, 0.05) is 49.9 Å². The van der Waals surface area contributed by atoms with Gasteiger partial charge in [-0.2, -0.15) is 0 Å². The molecule has 4 heterocycles. The summed E-state index contributed by atoms with van der Waals surface area (Å²) in [6, 6.07) is 21.1. The van der Waals surface area contributed by atoms with Gasteiger partial charge in [-0.3, -0.25) is 9.59 Å². The van der Waals surface area contributed by atoms with Gasteiger partial charge in [0.2, 0.25) is 0 Å². The summed E-state index contributed by atoms with van der Waals surface area (Å²) < 4.78 is 14.1. The molecule has 234 valence electrons. The molecule has 46 heavy (non-hydrogen) atoms. The molecule has 2 N–H and O–H groups in total. The fraction of sp³-hybridized carbons (Fsp3) is 0.200. The van der Waals surface area contributed by atoms with Gasteiger partial charge < -0.3 is 33.8 Å². The van der Waals surface area contributed by atoms with E-state index in [-0.39, 0.29) is 22.9 Å². The first-order valence-corrected chi connectivity index (χ1v) is 14.8. The van der Waals surface area contributed by atoms with Crippen LogP contribution in [-0.4, -0.2) is 84.9 Å². The van der Waals surface area contributed by atoms with E-state index in [9.17, 15) is 19.2 Å². The Balaban J connectivity index is 1.34. The Morgan fingerprint density at radius 1 is 0.652 bits per heavy atom. The van der Waals surface area contributed by atoms with E-state index in [0.717, 1.165) is 0 Å². The maximum absolute atomic E-state index is 13.8. The zero-order valence-corrected chi connectivity index (χ0v) is 25.7. The molecule has 0 bridgehead atoms. The molecule has 2 aromatic carbocycles. The number of benzene rings is 2. The topological polar surface area (TPSA) is 123 Å². The Labute approximate surface area is 264 Å². The number of aromatic nitrogens is 2. The molecular weight excluding hydrogens is 586 g/mol. The summed E-state index contributed by atoms with van der Waals surface area (Å²) in [7, 11) is 5.42. The first-order chi connectivity index (χ1) is 22.3. The van der Waals surface area contributed by atoms with Crippen molar-refractivity contribution in [2.24, 2.45) is 0 Å². The monoisotopic (exact) mass is 619 g/mol.